The van der Waals surface area contributed by atoms with Crippen molar-refractivity contribution in [3.05, 3.63) is 0 Å². The average Bonchev–Trinajstić information content (AvgIpc) is 2.36. The maximum absolute atomic E-state index is 10.9. The van der Waals surface area contributed by atoms with Gasteiger partial charge in [0.15, 0.2) is 0 Å². The van der Waals surface area contributed by atoms with E-state index in [1.807, 2.05) is 0 Å². The molecule has 1 heterocycles. The lowest BCUT2D eigenvalue weighted by molar-refractivity contribution is -0.119. The summed E-state index contributed by atoms with van der Waals surface area (Å²) in [7, 11) is 0. The molecule has 1 aliphatic rings. The minimum atomic E-state index is 0.240. The molecule has 0 aromatic rings. The predicted molar refractivity (Wildman–Crippen MR) is 49.8 cm³/mol. The smallest absolute Gasteiger partial charge is 0.220 e. The lowest BCUT2D eigenvalue weighted by Crippen LogP contribution is -2.14. The standard InChI is InChI=1S/C10H19NO/c1-3-4-8(2)5-9-6-10(12)11-7-9/h8-9H,3-7H2,1-2H3,(H,11,12)/t8?,9-/m0/s1. The van der Waals surface area contributed by atoms with E-state index in [0.29, 0.717) is 5.92 Å². The highest BCUT2D eigenvalue weighted by Gasteiger charge is 2.22. The van der Waals surface area contributed by atoms with Crippen molar-refractivity contribution in [3.8, 4) is 0 Å². The van der Waals surface area contributed by atoms with E-state index in [9.17, 15) is 4.79 Å². The van der Waals surface area contributed by atoms with Crippen LogP contribution in [0.25, 0.3) is 0 Å². The molecule has 0 bridgehead atoms. The Morgan fingerprint density at radius 2 is 2.42 bits per heavy atom. The van der Waals surface area contributed by atoms with Crippen molar-refractivity contribution in [2.45, 2.75) is 39.5 Å². The molecule has 1 rings (SSSR count). The Bertz CT molecular complexity index is 156. The topological polar surface area (TPSA) is 29.1 Å². The highest BCUT2D eigenvalue weighted by molar-refractivity contribution is 5.78. The molecule has 0 aliphatic carbocycles. The summed E-state index contributed by atoms with van der Waals surface area (Å²) >= 11 is 0. The largest absolute Gasteiger partial charge is 0.356 e. The van der Waals surface area contributed by atoms with E-state index in [2.05, 4.69) is 19.2 Å². The van der Waals surface area contributed by atoms with Gasteiger partial charge in [0.2, 0.25) is 5.91 Å². The van der Waals surface area contributed by atoms with E-state index in [1.165, 1.54) is 19.3 Å². The molecule has 0 radical (unpaired) electrons. The molecule has 1 saturated heterocycles. The van der Waals surface area contributed by atoms with Crippen molar-refractivity contribution < 1.29 is 4.79 Å². The second-order valence-corrected chi connectivity index (χ2v) is 4.00. The molecular formula is C10H19NO. The number of hydrogen-bond acceptors (Lipinski definition) is 1. The highest BCUT2D eigenvalue weighted by Crippen LogP contribution is 2.21. The van der Waals surface area contributed by atoms with Gasteiger partial charge in [0.1, 0.15) is 0 Å². The van der Waals surface area contributed by atoms with Crippen LogP contribution < -0.4 is 5.32 Å². The van der Waals surface area contributed by atoms with E-state index in [0.717, 1.165) is 18.9 Å². The quantitative estimate of drug-likeness (QED) is 0.684. The van der Waals surface area contributed by atoms with Gasteiger partial charge in [-0.05, 0) is 18.3 Å². The molecule has 0 aromatic carbocycles. The van der Waals surface area contributed by atoms with Crippen molar-refractivity contribution in [3.63, 3.8) is 0 Å². The summed E-state index contributed by atoms with van der Waals surface area (Å²) in [4.78, 5) is 10.9. The Hall–Kier alpha value is -0.530. The third-order valence-corrected chi connectivity index (χ3v) is 2.58. The molecule has 2 nitrogen and oxygen atoms in total. The summed E-state index contributed by atoms with van der Waals surface area (Å²) in [6.45, 7) is 5.41. The van der Waals surface area contributed by atoms with Gasteiger partial charge in [-0.25, -0.2) is 0 Å². The fourth-order valence-electron chi connectivity index (χ4n) is 2.01. The summed E-state index contributed by atoms with van der Waals surface area (Å²) in [5.41, 5.74) is 0. The van der Waals surface area contributed by atoms with Crippen molar-refractivity contribution in [2.75, 3.05) is 6.54 Å². The number of carbonyl (C=O) groups excluding carboxylic acids is 1. The first kappa shape index (κ1) is 9.56. The first-order valence-electron chi connectivity index (χ1n) is 4.99. The zero-order valence-electron chi connectivity index (χ0n) is 8.10. The highest BCUT2D eigenvalue weighted by atomic mass is 16.1. The third kappa shape index (κ3) is 2.84. The van der Waals surface area contributed by atoms with Crippen LogP contribution in [0.4, 0.5) is 0 Å². The van der Waals surface area contributed by atoms with Crippen LogP contribution in [-0.2, 0) is 4.79 Å². The van der Waals surface area contributed by atoms with Gasteiger partial charge in [-0.3, -0.25) is 4.79 Å². The molecule has 2 heteroatoms. The van der Waals surface area contributed by atoms with Gasteiger partial charge in [-0.15, -0.1) is 0 Å². The van der Waals surface area contributed by atoms with Gasteiger partial charge >= 0.3 is 0 Å². The van der Waals surface area contributed by atoms with Gasteiger partial charge < -0.3 is 5.32 Å². The summed E-state index contributed by atoms with van der Waals surface area (Å²) in [5, 5.41) is 2.88. The first-order valence-corrected chi connectivity index (χ1v) is 4.99. The Kier molecular flexibility index (Phi) is 3.57. The Labute approximate surface area is 74.7 Å². The summed E-state index contributed by atoms with van der Waals surface area (Å²) in [6.07, 6.45) is 4.53. The van der Waals surface area contributed by atoms with Crippen molar-refractivity contribution in [1.29, 1.82) is 0 Å². The molecule has 0 aromatic heterocycles. The monoisotopic (exact) mass is 169 g/mol. The normalized spacial score (nSPS) is 25.5. The Balaban J connectivity index is 2.18. The van der Waals surface area contributed by atoms with Gasteiger partial charge in [0.05, 0.1) is 0 Å². The summed E-state index contributed by atoms with van der Waals surface area (Å²) in [5.74, 6) is 1.63. The molecule has 1 N–H and O–H groups in total. The van der Waals surface area contributed by atoms with Gasteiger partial charge in [-0.1, -0.05) is 26.7 Å². The van der Waals surface area contributed by atoms with E-state index >= 15 is 0 Å². The van der Waals surface area contributed by atoms with Gasteiger partial charge in [-0.2, -0.15) is 0 Å². The molecule has 0 saturated carbocycles. The number of nitrogens with one attached hydrogen (secondary N) is 1. The molecule has 1 fully saturated rings. The molecule has 70 valence electrons. The van der Waals surface area contributed by atoms with Crippen LogP contribution in [0.2, 0.25) is 0 Å². The van der Waals surface area contributed by atoms with Crippen molar-refractivity contribution >= 4 is 5.91 Å². The molecule has 12 heavy (non-hydrogen) atoms. The number of hydrogen-bond donors (Lipinski definition) is 1. The SMILES string of the molecule is CCCC(C)C[C@@H]1CNC(=O)C1. The lowest BCUT2D eigenvalue weighted by Gasteiger charge is -2.13. The predicted octanol–water partition coefficient (Wildman–Crippen LogP) is 1.95. The Morgan fingerprint density at radius 1 is 1.67 bits per heavy atom. The van der Waals surface area contributed by atoms with Crippen LogP contribution in [0.1, 0.15) is 39.5 Å². The third-order valence-electron chi connectivity index (χ3n) is 2.58. The van der Waals surface area contributed by atoms with Crippen LogP contribution >= 0.6 is 0 Å². The molecule has 0 spiro atoms. The molecule has 1 unspecified atom stereocenters. The van der Waals surface area contributed by atoms with Crippen LogP contribution in [0.3, 0.4) is 0 Å². The minimum Gasteiger partial charge on any atom is -0.356 e. The fraction of sp³-hybridized carbons (Fsp3) is 0.900. The van der Waals surface area contributed by atoms with Gasteiger partial charge in [0, 0.05) is 13.0 Å². The minimum absolute atomic E-state index is 0.240. The zero-order chi connectivity index (χ0) is 8.97. The second-order valence-electron chi connectivity index (χ2n) is 4.00. The number of carbonyl (C=O) groups is 1. The van der Waals surface area contributed by atoms with Crippen LogP contribution in [-0.4, -0.2) is 12.5 Å². The van der Waals surface area contributed by atoms with E-state index in [1.54, 1.807) is 0 Å². The van der Waals surface area contributed by atoms with E-state index in [4.69, 9.17) is 0 Å². The van der Waals surface area contributed by atoms with E-state index < -0.39 is 0 Å². The fourth-order valence-corrected chi connectivity index (χ4v) is 2.01. The van der Waals surface area contributed by atoms with Crippen LogP contribution in [0.15, 0.2) is 0 Å². The maximum atomic E-state index is 10.9. The van der Waals surface area contributed by atoms with Crippen LogP contribution in [0.5, 0.6) is 0 Å². The Morgan fingerprint density at radius 3 is 2.92 bits per heavy atom. The average molecular weight is 169 g/mol. The van der Waals surface area contributed by atoms with E-state index in [-0.39, 0.29) is 5.91 Å². The summed E-state index contributed by atoms with van der Waals surface area (Å²) < 4.78 is 0. The summed E-state index contributed by atoms with van der Waals surface area (Å²) in [6, 6.07) is 0. The molecule has 1 aliphatic heterocycles. The zero-order valence-corrected chi connectivity index (χ0v) is 8.10. The van der Waals surface area contributed by atoms with Gasteiger partial charge in [0.25, 0.3) is 0 Å². The second kappa shape index (κ2) is 4.48. The number of amides is 1. The first-order chi connectivity index (χ1) is 5.72. The van der Waals surface area contributed by atoms with Crippen molar-refractivity contribution in [2.24, 2.45) is 11.8 Å². The van der Waals surface area contributed by atoms with Crippen LogP contribution in [0, 0.1) is 11.8 Å². The number of rotatable bonds is 4. The molecule has 1 amide bonds. The molecule has 2 atom stereocenters. The lowest BCUT2D eigenvalue weighted by atomic mass is 9.92. The van der Waals surface area contributed by atoms with Crippen molar-refractivity contribution in [1.82, 2.24) is 5.32 Å². The molecular weight excluding hydrogens is 150 g/mol. The maximum Gasteiger partial charge on any atom is 0.220 e.